The number of nitrogens with zero attached hydrogens (tertiary/aromatic N) is 3. The molecule has 0 radical (unpaired) electrons. The number of aryl methyl sites for hydroxylation is 1. The summed E-state index contributed by atoms with van der Waals surface area (Å²) in [5, 5.41) is 2.43. The Kier molecular flexibility index (Phi) is 6.34. The molecule has 4 heteroatoms. The van der Waals surface area contributed by atoms with Crippen LogP contribution in [0, 0.1) is 6.92 Å². The molecule has 0 aliphatic heterocycles. The fourth-order valence-corrected chi connectivity index (χ4v) is 7.46. The van der Waals surface area contributed by atoms with E-state index in [2.05, 4.69) is 110 Å². The van der Waals surface area contributed by atoms with Gasteiger partial charge < -0.3 is 9.30 Å². The minimum Gasteiger partial charge on any atom is -0.437 e. The van der Waals surface area contributed by atoms with Crippen molar-refractivity contribution in [1.29, 1.82) is 0 Å². The summed E-state index contributed by atoms with van der Waals surface area (Å²) in [4.78, 5) is 9.95. The highest BCUT2D eigenvalue weighted by Crippen LogP contribution is 2.51. The van der Waals surface area contributed by atoms with Gasteiger partial charge in [0.15, 0.2) is 11.6 Å². The summed E-state index contributed by atoms with van der Waals surface area (Å²) in [6, 6.07) is 50.9. The quantitative estimate of drug-likeness (QED) is 0.192. The molecule has 2 heterocycles. The van der Waals surface area contributed by atoms with Crippen LogP contribution in [0.15, 0.2) is 146 Å². The molecular formula is C44H33N3O. The maximum atomic E-state index is 6.81. The Bertz CT molecular complexity index is 2530. The average molecular weight is 620 g/mol. The van der Waals surface area contributed by atoms with E-state index in [0.29, 0.717) is 11.7 Å². The van der Waals surface area contributed by atoms with Crippen molar-refractivity contribution in [2.75, 3.05) is 0 Å². The minimum atomic E-state index is -0.113. The monoisotopic (exact) mass is 619 g/mol. The van der Waals surface area contributed by atoms with Crippen LogP contribution in [0.3, 0.4) is 0 Å². The van der Waals surface area contributed by atoms with Crippen LogP contribution in [0.1, 0.15) is 30.5 Å². The summed E-state index contributed by atoms with van der Waals surface area (Å²) in [6.07, 6.45) is 0. The lowest BCUT2D eigenvalue weighted by Crippen LogP contribution is -2.15. The van der Waals surface area contributed by atoms with E-state index < -0.39 is 0 Å². The van der Waals surface area contributed by atoms with E-state index in [9.17, 15) is 0 Å². The average Bonchev–Trinajstić information content (AvgIpc) is 3.56. The Balaban J connectivity index is 1.24. The van der Waals surface area contributed by atoms with Crippen LogP contribution in [-0.4, -0.2) is 14.5 Å². The predicted octanol–water partition coefficient (Wildman–Crippen LogP) is 11.3. The molecule has 1 aliphatic rings. The van der Waals surface area contributed by atoms with Gasteiger partial charge in [-0.05, 0) is 65.1 Å². The maximum absolute atomic E-state index is 6.81. The number of fused-ring (bicyclic) bond motifs is 6. The van der Waals surface area contributed by atoms with Crippen molar-refractivity contribution < 1.29 is 4.74 Å². The predicted molar refractivity (Wildman–Crippen MR) is 196 cm³/mol. The Morgan fingerprint density at radius 1 is 0.562 bits per heavy atom. The standard InChI is InChI=1S/C44H33N3O/c1-28-15-7-8-18-30(28)37-27-42(46-43(45-37)29-16-5-4-6-17-29)48-41-24-14-13-23-39(41)47-38-22-12-10-20-32(38)34-25-33-31-19-9-11-21-35(31)44(2,3)36(33)26-40(34)47/h4-27H,1-3H3. The smallest absolute Gasteiger partial charge is 0.223 e. The van der Waals surface area contributed by atoms with Gasteiger partial charge in [-0.15, -0.1) is 0 Å². The molecule has 0 saturated heterocycles. The summed E-state index contributed by atoms with van der Waals surface area (Å²) in [6.45, 7) is 6.77. The van der Waals surface area contributed by atoms with Crippen molar-refractivity contribution in [3.8, 4) is 51.1 Å². The number of hydrogen-bond acceptors (Lipinski definition) is 3. The van der Waals surface area contributed by atoms with Crippen molar-refractivity contribution in [1.82, 2.24) is 14.5 Å². The van der Waals surface area contributed by atoms with Crippen LogP contribution in [0.5, 0.6) is 11.6 Å². The van der Waals surface area contributed by atoms with Crippen LogP contribution < -0.4 is 4.74 Å². The van der Waals surface area contributed by atoms with Gasteiger partial charge in [0, 0.05) is 33.4 Å². The van der Waals surface area contributed by atoms with Crippen molar-refractivity contribution in [3.63, 3.8) is 0 Å². The molecule has 0 spiro atoms. The minimum absolute atomic E-state index is 0.113. The number of rotatable bonds is 5. The van der Waals surface area contributed by atoms with Crippen LogP contribution in [0.2, 0.25) is 0 Å². The van der Waals surface area contributed by atoms with Crippen LogP contribution in [-0.2, 0) is 5.41 Å². The number of aromatic nitrogens is 3. The molecule has 0 unspecified atom stereocenters. The first-order chi connectivity index (χ1) is 23.5. The van der Waals surface area contributed by atoms with Gasteiger partial charge in [-0.25, -0.2) is 4.98 Å². The summed E-state index contributed by atoms with van der Waals surface area (Å²) >= 11 is 0. The molecule has 0 saturated carbocycles. The van der Waals surface area contributed by atoms with Gasteiger partial charge in [0.1, 0.15) is 0 Å². The molecule has 0 fully saturated rings. The summed E-state index contributed by atoms with van der Waals surface area (Å²) in [5.74, 6) is 1.84. The summed E-state index contributed by atoms with van der Waals surface area (Å²) in [5.41, 5.74) is 12.4. The molecule has 0 bridgehead atoms. The lowest BCUT2D eigenvalue weighted by Gasteiger charge is -2.22. The zero-order valence-electron chi connectivity index (χ0n) is 27.1. The van der Waals surface area contributed by atoms with Gasteiger partial charge >= 0.3 is 0 Å². The zero-order chi connectivity index (χ0) is 32.4. The van der Waals surface area contributed by atoms with Crippen LogP contribution >= 0.6 is 0 Å². The normalized spacial score (nSPS) is 13.1. The Morgan fingerprint density at radius 2 is 1.27 bits per heavy atom. The summed E-state index contributed by atoms with van der Waals surface area (Å²) < 4.78 is 9.16. The highest BCUT2D eigenvalue weighted by Gasteiger charge is 2.36. The number of hydrogen-bond donors (Lipinski definition) is 0. The van der Waals surface area contributed by atoms with E-state index >= 15 is 0 Å². The lowest BCUT2D eigenvalue weighted by atomic mass is 9.82. The second-order valence-electron chi connectivity index (χ2n) is 13.1. The third-order valence-electron chi connectivity index (χ3n) is 9.85. The first-order valence-electron chi connectivity index (χ1n) is 16.4. The number of ether oxygens (including phenoxy) is 1. The Morgan fingerprint density at radius 3 is 2.12 bits per heavy atom. The molecule has 1 aliphatic carbocycles. The first kappa shape index (κ1) is 28.2. The van der Waals surface area contributed by atoms with E-state index in [1.165, 1.54) is 33.0 Å². The highest BCUT2D eigenvalue weighted by molar-refractivity contribution is 6.11. The molecule has 8 aromatic rings. The topological polar surface area (TPSA) is 39.9 Å². The zero-order valence-corrected chi connectivity index (χ0v) is 27.1. The SMILES string of the molecule is Cc1ccccc1-c1cc(Oc2ccccc2-n2c3ccccc3c3cc4c(cc32)C(C)(C)c2ccccc2-4)nc(-c2ccccc2)n1. The number of para-hydroxylation sites is 3. The van der Waals surface area contributed by atoms with Gasteiger partial charge in [0.2, 0.25) is 5.88 Å². The van der Waals surface area contributed by atoms with Gasteiger partial charge in [0.25, 0.3) is 0 Å². The largest absolute Gasteiger partial charge is 0.437 e. The fourth-order valence-electron chi connectivity index (χ4n) is 7.46. The van der Waals surface area contributed by atoms with E-state index in [1.807, 2.05) is 60.7 Å². The van der Waals surface area contributed by atoms with Crippen molar-refractivity contribution >= 4 is 21.8 Å². The lowest BCUT2D eigenvalue weighted by molar-refractivity contribution is 0.461. The van der Waals surface area contributed by atoms with Crippen molar-refractivity contribution in [3.05, 3.63) is 162 Å². The molecule has 0 atom stereocenters. The molecule has 2 aromatic heterocycles. The van der Waals surface area contributed by atoms with Gasteiger partial charge in [-0.3, -0.25) is 0 Å². The van der Waals surface area contributed by atoms with E-state index in [0.717, 1.165) is 44.9 Å². The second kappa shape index (κ2) is 10.8. The van der Waals surface area contributed by atoms with Crippen molar-refractivity contribution in [2.24, 2.45) is 0 Å². The van der Waals surface area contributed by atoms with Crippen LogP contribution in [0.4, 0.5) is 0 Å². The maximum Gasteiger partial charge on any atom is 0.223 e. The third-order valence-corrected chi connectivity index (χ3v) is 9.85. The van der Waals surface area contributed by atoms with E-state index in [-0.39, 0.29) is 5.41 Å². The van der Waals surface area contributed by atoms with Crippen LogP contribution in [0.25, 0.3) is 61.3 Å². The van der Waals surface area contributed by atoms with Gasteiger partial charge in [-0.1, -0.05) is 123 Å². The van der Waals surface area contributed by atoms with Gasteiger partial charge in [0.05, 0.1) is 22.4 Å². The number of benzene rings is 6. The Labute approximate surface area is 280 Å². The van der Waals surface area contributed by atoms with E-state index in [4.69, 9.17) is 14.7 Å². The highest BCUT2D eigenvalue weighted by atomic mass is 16.5. The molecule has 4 nitrogen and oxygen atoms in total. The molecule has 9 rings (SSSR count). The molecule has 230 valence electrons. The first-order valence-corrected chi connectivity index (χ1v) is 16.4. The van der Waals surface area contributed by atoms with E-state index in [1.54, 1.807) is 0 Å². The Hall–Kier alpha value is -6.00. The third kappa shape index (κ3) is 4.37. The summed E-state index contributed by atoms with van der Waals surface area (Å²) in [7, 11) is 0. The molecule has 0 N–H and O–H groups in total. The molecule has 6 aromatic carbocycles. The second-order valence-corrected chi connectivity index (χ2v) is 13.1. The molecule has 0 amide bonds. The fraction of sp³-hybridized carbons (Fsp3) is 0.0909. The molecular weight excluding hydrogens is 587 g/mol. The van der Waals surface area contributed by atoms with Gasteiger partial charge in [-0.2, -0.15) is 4.98 Å². The molecule has 48 heavy (non-hydrogen) atoms. The van der Waals surface area contributed by atoms with Crippen molar-refractivity contribution in [2.45, 2.75) is 26.2 Å².